The second-order valence-corrected chi connectivity index (χ2v) is 6.59. The van der Waals surface area contributed by atoms with Gasteiger partial charge in [-0.1, -0.05) is 12.1 Å². The number of nitriles is 1. The van der Waals surface area contributed by atoms with Gasteiger partial charge in [-0.05, 0) is 66.4 Å². The average Bonchev–Trinajstić information content (AvgIpc) is 2.61. The van der Waals surface area contributed by atoms with E-state index in [2.05, 4.69) is 4.74 Å². The molecule has 0 saturated heterocycles. The molecule has 3 nitrogen and oxygen atoms in total. The van der Waals surface area contributed by atoms with Gasteiger partial charge in [0.15, 0.2) is 0 Å². The van der Waals surface area contributed by atoms with Crippen molar-refractivity contribution in [1.29, 1.82) is 5.26 Å². The Labute approximate surface area is 151 Å². The Kier molecular flexibility index (Phi) is 6.37. The Balaban J connectivity index is 2.28. The number of halogens is 1. The number of nitrogens with zero attached hydrogens (tertiary/aromatic N) is 1. The summed E-state index contributed by atoms with van der Waals surface area (Å²) < 4.78 is 17.6. The largest absolute Gasteiger partial charge is 0.465 e. The fraction of sp³-hybridized carbons (Fsp3) is 0.200. The summed E-state index contributed by atoms with van der Waals surface area (Å²) >= 11 is 1.60. The van der Waals surface area contributed by atoms with Crippen molar-refractivity contribution in [2.45, 2.75) is 24.5 Å². The van der Waals surface area contributed by atoms with Crippen LogP contribution in [0.4, 0.5) is 4.39 Å². The standard InChI is InChI=1S/C20H18FNO2S/c1-13-8-14(2)17(12-25-19-6-4-18(21)5-7-19)10-15(13)9-16(11-22)20(23)24-3/h4-10H,12H2,1-3H3/b16-9-. The topological polar surface area (TPSA) is 50.1 Å². The summed E-state index contributed by atoms with van der Waals surface area (Å²) in [6.07, 6.45) is 1.55. The van der Waals surface area contributed by atoms with Gasteiger partial charge in [0.1, 0.15) is 17.5 Å². The number of carbonyl (C=O) groups excluding carboxylic acids is 1. The van der Waals surface area contributed by atoms with Crippen molar-refractivity contribution in [2.24, 2.45) is 0 Å². The molecular formula is C20H18FNO2S. The van der Waals surface area contributed by atoms with Crippen LogP contribution in [0.2, 0.25) is 0 Å². The summed E-state index contributed by atoms with van der Waals surface area (Å²) in [5, 5.41) is 9.12. The molecule has 0 fully saturated rings. The second-order valence-electron chi connectivity index (χ2n) is 5.54. The van der Waals surface area contributed by atoms with Crippen molar-refractivity contribution in [3.05, 3.63) is 70.0 Å². The predicted octanol–water partition coefficient (Wildman–Crippen LogP) is 4.81. The molecule has 0 aliphatic rings. The highest BCUT2D eigenvalue weighted by molar-refractivity contribution is 7.98. The summed E-state index contributed by atoms with van der Waals surface area (Å²) in [7, 11) is 1.25. The molecule has 0 spiro atoms. The Morgan fingerprint density at radius 3 is 2.52 bits per heavy atom. The van der Waals surface area contributed by atoms with Gasteiger partial charge in [0, 0.05) is 10.6 Å². The van der Waals surface area contributed by atoms with Gasteiger partial charge in [-0.2, -0.15) is 5.26 Å². The number of methoxy groups -OCH3 is 1. The van der Waals surface area contributed by atoms with Crippen LogP contribution in [0, 0.1) is 31.0 Å². The molecule has 0 aliphatic heterocycles. The number of esters is 1. The minimum atomic E-state index is -0.648. The summed E-state index contributed by atoms with van der Waals surface area (Å²) in [6, 6.07) is 12.2. The van der Waals surface area contributed by atoms with Gasteiger partial charge in [-0.15, -0.1) is 11.8 Å². The number of rotatable bonds is 5. The third-order valence-corrected chi connectivity index (χ3v) is 4.82. The molecule has 0 bridgehead atoms. The molecule has 0 atom stereocenters. The lowest BCUT2D eigenvalue weighted by atomic mass is 9.99. The van der Waals surface area contributed by atoms with Gasteiger partial charge in [0.2, 0.25) is 0 Å². The van der Waals surface area contributed by atoms with Crippen LogP contribution < -0.4 is 0 Å². The number of hydrogen-bond acceptors (Lipinski definition) is 4. The van der Waals surface area contributed by atoms with Crippen molar-refractivity contribution < 1.29 is 13.9 Å². The summed E-state index contributed by atoms with van der Waals surface area (Å²) in [6.45, 7) is 3.95. The number of thioether (sulfide) groups is 1. The summed E-state index contributed by atoms with van der Waals surface area (Å²) in [5.74, 6) is -0.196. The molecule has 2 rings (SSSR count). The number of aryl methyl sites for hydroxylation is 2. The summed E-state index contributed by atoms with van der Waals surface area (Å²) in [4.78, 5) is 12.6. The fourth-order valence-corrected chi connectivity index (χ4v) is 3.28. The first-order valence-electron chi connectivity index (χ1n) is 7.63. The molecule has 0 aromatic heterocycles. The van der Waals surface area contributed by atoms with Crippen LogP contribution in [0.25, 0.3) is 6.08 Å². The SMILES string of the molecule is COC(=O)/C(C#N)=C\c1cc(CSc2ccc(F)cc2)c(C)cc1C. The summed E-state index contributed by atoms with van der Waals surface area (Å²) in [5.41, 5.74) is 3.97. The maximum atomic E-state index is 13.0. The van der Waals surface area contributed by atoms with E-state index in [-0.39, 0.29) is 11.4 Å². The van der Waals surface area contributed by atoms with Crippen molar-refractivity contribution >= 4 is 23.8 Å². The molecule has 128 valence electrons. The molecule has 2 aromatic carbocycles. The highest BCUT2D eigenvalue weighted by Crippen LogP contribution is 2.27. The number of carbonyl (C=O) groups is 1. The normalized spacial score (nSPS) is 11.1. The molecule has 0 heterocycles. The van der Waals surface area contributed by atoms with Gasteiger partial charge in [0.05, 0.1) is 7.11 Å². The smallest absolute Gasteiger partial charge is 0.348 e. The van der Waals surface area contributed by atoms with E-state index in [1.165, 1.54) is 19.2 Å². The molecule has 0 saturated carbocycles. The van der Waals surface area contributed by atoms with Crippen LogP contribution in [0.1, 0.15) is 22.3 Å². The molecule has 0 N–H and O–H groups in total. The number of ether oxygens (including phenoxy) is 1. The van der Waals surface area contributed by atoms with E-state index in [0.717, 1.165) is 27.1 Å². The van der Waals surface area contributed by atoms with E-state index in [1.807, 2.05) is 32.0 Å². The van der Waals surface area contributed by atoms with E-state index in [9.17, 15) is 9.18 Å². The lowest BCUT2D eigenvalue weighted by Gasteiger charge is -2.11. The van der Waals surface area contributed by atoms with Gasteiger partial charge in [-0.25, -0.2) is 9.18 Å². The minimum absolute atomic E-state index is 0.0356. The van der Waals surface area contributed by atoms with Crippen molar-refractivity contribution in [1.82, 2.24) is 0 Å². The maximum Gasteiger partial charge on any atom is 0.348 e. The van der Waals surface area contributed by atoms with Gasteiger partial charge in [-0.3, -0.25) is 0 Å². The van der Waals surface area contributed by atoms with Crippen LogP contribution in [0.5, 0.6) is 0 Å². The predicted molar refractivity (Wildman–Crippen MR) is 97.5 cm³/mol. The van der Waals surface area contributed by atoms with E-state index in [4.69, 9.17) is 5.26 Å². The third kappa shape index (κ3) is 4.94. The molecular weight excluding hydrogens is 337 g/mol. The maximum absolute atomic E-state index is 13.0. The highest BCUT2D eigenvalue weighted by Gasteiger charge is 2.11. The second kappa shape index (κ2) is 8.50. The van der Waals surface area contributed by atoms with E-state index in [1.54, 1.807) is 30.0 Å². The zero-order valence-corrected chi connectivity index (χ0v) is 15.1. The Bertz CT molecular complexity index is 851. The van der Waals surface area contributed by atoms with Crippen LogP contribution >= 0.6 is 11.8 Å². The molecule has 0 aliphatic carbocycles. The van der Waals surface area contributed by atoms with Crippen LogP contribution in [-0.2, 0) is 15.3 Å². The fourth-order valence-electron chi connectivity index (χ4n) is 2.32. The minimum Gasteiger partial charge on any atom is -0.465 e. The Morgan fingerprint density at radius 1 is 1.24 bits per heavy atom. The Morgan fingerprint density at radius 2 is 1.92 bits per heavy atom. The van der Waals surface area contributed by atoms with Gasteiger partial charge in [0.25, 0.3) is 0 Å². The molecule has 2 aromatic rings. The molecule has 25 heavy (non-hydrogen) atoms. The highest BCUT2D eigenvalue weighted by atomic mass is 32.2. The lowest BCUT2D eigenvalue weighted by Crippen LogP contribution is -2.03. The van der Waals surface area contributed by atoms with E-state index < -0.39 is 5.97 Å². The van der Waals surface area contributed by atoms with Crippen molar-refractivity contribution in [3.63, 3.8) is 0 Å². The number of hydrogen-bond donors (Lipinski definition) is 0. The third-order valence-electron chi connectivity index (χ3n) is 3.76. The zero-order valence-electron chi connectivity index (χ0n) is 14.3. The van der Waals surface area contributed by atoms with Crippen molar-refractivity contribution in [3.8, 4) is 6.07 Å². The first kappa shape index (κ1) is 18.8. The van der Waals surface area contributed by atoms with Crippen LogP contribution in [0.3, 0.4) is 0 Å². The average molecular weight is 355 g/mol. The Hall–Kier alpha value is -2.58. The van der Waals surface area contributed by atoms with Gasteiger partial charge >= 0.3 is 5.97 Å². The quantitative estimate of drug-likeness (QED) is 0.334. The number of benzene rings is 2. The van der Waals surface area contributed by atoms with Crippen molar-refractivity contribution in [2.75, 3.05) is 7.11 Å². The van der Waals surface area contributed by atoms with E-state index in [0.29, 0.717) is 5.75 Å². The zero-order chi connectivity index (χ0) is 18.4. The first-order valence-corrected chi connectivity index (χ1v) is 8.61. The monoisotopic (exact) mass is 355 g/mol. The van der Waals surface area contributed by atoms with Crippen LogP contribution in [0.15, 0.2) is 46.9 Å². The molecule has 5 heteroatoms. The molecule has 0 radical (unpaired) electrons. The van der Waals surface area contributed by atoms with Gasteiger partial charge < -0.3 is 4.74 Å². The lowest BCUT2D eigenvalue weighted by molar-refractivity contribution is -0.135. The molecule has 0 unspecified atom stereocenters. The first-order chi connectivity index (χ1) is 11.9. The van der Waals surface area contributed by atoms with Crippen LogP contribution in [-0.4, -0.2) is 13.1 Å². The van der Waals surface area contributed by atoms with E-state index >= 15 is 0 Å². The molecule has 0 amide bonds.